The molecule has 0 unspecified atom stereocenters. The number of hydrogen-bond acceptors (Lipinski definition) is 5. The monoisotopic (exact) mass is 343 g/mol. The third-order valence-electron chi connectivity index (χ3n) is 3.73. The molecule has 0 saturated heterocycles. The third-order valence-corrected chi connectivity index (χ3v) is 4.09. The number of rotatable bonds is 6. The van der Waals surface area contributed by atoms with E-state index >= 15 is 0 Å². The van der Waals surface area contributed by atoms with Gasteiger partial charge in [-0.2, -0.15) is 5.10 Å². The van der Waals surface area contributed by atoms with Gasteiger partial charge in [-0.15, -0.1) is 5.10 Å². The summed E-state index contributed by atoms with van der Waals surface area (Å²) in [5, 5.41) is 8.62. The first-order chi connectivity index (χ1) is 11.7. The highest BCUT2D eigenvalue weighted by atomic mass is 35.5. The molecule has 0 fully saturated rings. The first-order valence-corrected chi connectivity index (χ1v) is 8.00. The van der Waals surface area contributed by atoms with Crippen LogP contribution in [0.4, 0.5) is 0 Å². The molecular formula is C18H18ClN3O2. The second-order valence-electron chi connectivity index (χ2n) is 5.43. The lowest BCUT2D eigenvalue weighted by Crippen LogP contribution is -2.12. The summed E-state index contributed by atoms with van der Waals surface area (Å²) < 4.78 is 11.1. The Hall–Kier alpha value is -2.53. The lowest BCUT2D eigenvalue weighted by Gasteiger charge is -2.13. The van der Waals surface area contributed by atoms with Crippen molar-refractivity contribution in [2.45, 2.75) is 19.3 Å². The van der Waals surface area contributed by atoms with E-state index in [4.69, 9.17) is 26.8 Å². The summed E-state index contributed by atoms with van der Waals surface area (Å²) in [5.74, 6) is 2.80. The predicted molar refractivity (Wildman–Crippen MR) is 96.5 cm³/mol. The Bertz CT molecular complexity index is 785. The molecule has 3 rings (SSSR count). The van der Waals surface area contributed by atoms with Crippen molar-refractivity contribution in [3.63, 3.8) is 0 Å². The van der Waals surface area contributed by atoms with Gasteiger partial charge in [0.15, 0.2) is 0 Å². The molecule has 0 amide bonds. The van der Waals surface area contributed by atoms with E-state index in [0.717, 1.165) is 34.9 Å². The van der Waals surface area contributed by atoms with Crippen LogP contribution < -0.4 is 15.2 Å². The number of halogens is 1. The van der Waals surface area contributed by atoms with Crippen molar-refractivity contribution in [2.24, 2.45) is 15.9 Å². The Morgan fingerprint density at radius 3 is 2.46 bits per heavy atom. The third kappa shape index (κ3) is 3.86. The minimum Gasteiger partial charge on any atom is -0.497 e. The van der Waals surface area contributed by atoms with E-state index in [1.165, 1.54) is 0 Å². The van der Waals surface area contributed by atoms with Crippen molar-refractivity contribution < 1.29 is 9.47 Å². The van der Waals surface area contributed by atoms with E-state index in [9.17, 15) is 0 Å². The van der Waals surface area contributed by atoms with E-state index in [1.54, 1.807) is 7.11 Å². The van der Waals surface area contributed by atoms with Gasteiger partial charge in [0.25, 0.3) is 0 Å². The lowest BCUT2D eigenvalue weighted by atomic mass is 10.0. The van der Waals surface area contributed by atoms with E-state index in [2.05, 4.69) is 10.2 Å². The van der Waals surface area contributed by atoms with Gasteiger partial charge in [0.05, 0.1) is 7.11 Å². The van der Waals surface area contributed by atoms with Crippen LogP contribution in [0.3, 0.4) is 0 Å². The number of nitrogens with zero attached hydrogens (tertiary/aromatic N) is 2. The van der Waals surface area contributed by atoms with Gasteiger partial charge in [0, 0.05) is 22.7 Å². The van der Waals surface area contributed by atoms with Gasteiger partial charge in [0.2, 0.25) is 0 Å². The van der Waals surface area contributed by atoms with Crippen LogP contribution in [-0.2, 0) is 6.42 Å². The first-order valence-electron chi connectivity index (χ1n) is 7.63. The van der Waals surface area contributed by atoms with Gasteiger partial charge in [-0.1, -0.05) is 17.7 Å². The van der Waals surface area contributed by atoms with Crippen molar-refractivity contribution in [1.82, 2.24) is 0 Å². The molecule has 5 nitrogen and oxygen atoms in total. The standard InChI is InChI=1S/C18H18ClN3O2/c1-23-13-6-8-14(9-7-13)24-17-4-2-3-16(19)15(17)10-5-12-11-18(20)22-21-12/h2-4,6-9H,5,10-11H2,1H3,(H2,20,22). The molecular weight excluding hydrogens is 326 g/mol. The van der Waals surface area contributed by atoms with Gasteiger partial charge in [-0.3, -0.25) is 0 Å². The van der Waals surface area contributed by atoms with E-state index in [0.29, 0.717) is 23.7 Å². The fourth-order valence-corrected chi connectivity index (χ4v) is 2.73. The second kappa shape index (κ2) is 7.36. The molecule has 2 N–H and O–H groups in total. The zero-order chi connectivity index (χ0) is 16.9. The summed E-state index contributed by atoms with van der Waals surface area (Å²) in [6.45, 7) is 0. The van der Waals surface area contributed by atoms with E-state index in [1.807, 2.05) is 42.5 Å². The summed E-state index contributed by atoms with van der Waals surface area (Å²) in [4.78, 5) is 0. The molecule has 24 heavy (non-hydrogen) atoms. The molecule has 1 aliphatic heterocycles. The first kappa shape index (κ1) is 16.3. The molecule has 1 aliphatic rings. The predicted octanol–water partition coefficient (Wildman–Crippen LogP) is 4.19. The Kier molecular flexibility index (Phi) is 5.01. The maximum Gasteiger partial charge on any atom is 0.132 e. The summed E-state index contributed by atoms with van der Waals surface area (Å²) in [5.41, 5.74) is 7.56. The van der Waals surface area contributed by atoms with Crippen LogP contribution in [-0.4, -0.2) is 18.7 Å². The fourth-order valence-electron chi connectivity index (χ4n) is 2.47. The fraction of sp³-hybridized carbons (Fsp3) is 0.222. The molecule has 0 radical (unpaired) electrons. The van der Waals surface area contributed by atoms with E-state index < -0.39 is 0 Å². The summed E-state index contributed by atoms with van der Waals surface area (Å²) >= 11 is 6.36. The van der Waals surface area contributed by atoms with Crippen LogP contribution in [0.25, 0.3) is 0 Å². The molecule has 0 atom stereocenters. The summed E-state index contributed by atoms with van der Waals surface area (Å²) in [7, 11) is 1.63. The van der Waals surface area contributed by atoms with Gasteiger partial charge < -0.3 is 15.2 Å². The van der Waals surface area contributed by atoms with Crippen LogP contribution in [0.1, 0.15) is 18.4 Å². The van der Waals surface area contributed by atoms with Crippen LogP contribution in [0.5, 0.6) is 17.2 Å². The maximum absolute atomic E-state index is 6.36. The number of methoxy groups -OCH3 is 1. The molecule has 2 aromatic carbocycles. The van der Waals surface area contributed by atoms with Gasteiger partial charge in [-0.05, 0) is 49.2 Å². The highest BCUT2D eigenvalue weighted by Crippen LogP contribution is 2.32. The molecule has 0 aliphatic carbocycles. The number of hydrogen-bond donors (Lipinski definition) is 1. The normalized spacial score (nSPS) is 13.4. The Labute approximate surface area is 145 Å². The second-order valence-corrected chi connectivity index (χ2v) is 5.84. The van der Waals surface area contributed by atoms with Crippen molar-refractivity contribution in [3.8, 4) is 17.2 Å². The minimum atomic E-state index is 0.555. The van der Waals surface area contributed by atoms with Gasteiger partial charge >= 0.3 is 0 Å². The van der Waals surface area contributed by atoms with Crippen molar-refractivity contribution in [2.75, 3.05) is 7.11 Å². The smallest absolute Gasteiger partial charge is 0.132 e. The summed E-state index contributed by atoms with van der Waals surface area (Å²) in [6, 6.07) is 13.1. The highest BCUT2D eigenvalue weighted by molar-refractivity contribution is 6.31. The quantitative estimate of drug-likeness (QED) is 0.854. The maximum atomic E-state index is 6.36. The topological polar surface area (TPSA) is 69.2 Å². The lowest BCUT2D eigenvalue weighted by molar-refractivity contribution is 0.412. The molecule has 0 bridgehead atoms. The van der Waals surface area contributed by atoms with Crippen molar-refractivity contribution >= 4 is 23.1 Å². The van der Waals surface area contributed by atoms with Gasteiger partial charge in [-0.25, -0.2) is 0 Å². The molecule has 1 heterocycles. The average Bonchev–Trinajstić information content (AvgIpc) is 3.00. The zero-order valence-corrected chi connectivity index (χ0v) is 14.1. The summed E-state index contributed by atoms with van der Waals surface area (Å²) in [6.07, 6.45) is 2.08. The van der Waals surface area contributed by atoms with Crippen molar-refractivity contribution in [1.29, 1.82) is 0 Å². The molecule has 0 aromatic heterocycles. The van der Waals surface area contributed by atoms with Crippen molar-refractivity contribution in [3.05, 3.63) is 53.1 Å². The Morgan fingerprint density at radius 2 is 1.79 bits per heavy atom. The Balaban J connectivity index is 1.74. The van der Waals surface area contributed by atoms with Crippen LogP contribution >= 0.6 is 11.6 Å². The molecule has 124 valence electrons. The number of nitrogens with two attached hydrogens (primary N) is 1. The Morgan fingerprint density at radius 1 is 1.04 bits per heavy atom. The highest BCUT2D eigenvalue weighted by Gasteiger charge is 2.14. The minimum absolute atomic E-state index is 0.555. The molecule has 0 spiro atoms. The number of amidine groups is 1. The molecule has 0 saturated carbocycles. The SMILES string of the molecule is COc1ccc(Oc2cccc(Cl)c2CCC2=NN=C(N)C2)cc1. The molecule has 6 heteroatoms. The van der Waals surface area contributed by atoms with Crippen LogP contribution in [0.15, 0.2) is 52.7 Å². The number of benzene rings is 2. The number of ether oxygens (including phenoxy) is 2. The average molecular weight is 344 g/mol. The van der Waals surface area contributed by atoms with Crippen LogP contribution in [0.2, 0.25) is 5.02 Å². The van der Waals surface area contributed by atoms with E-state index in [-0.39, 0.29) is 0 Å². The van der Waals surface area contributed by atoms with Gasteiger partial charge in [0.1, 0.15) is 23.1 Å². The van der Waals surface area contributed by atoms with Crippen LogP contribution in [0, 0.1) is 0 Å². The largest absolute Gasteiger partial charge is 0.497 e. The zero-order valence-electron chi connectivity index (χ0n) is 13.3. The molecule has 2 aromatic rings.